The smallest absolute Gasteiger partial charge is 0.226 e. The number of nitrogens with one attached hydrogen (secondary N) is 1. The number of fused-ring (bicyclic) bond motifs is 2. The number of ether oxygens (including phenoxy) is 1. The Morgan fingerprint density at radius 3 is 2.91 bits per heavy atom. The van der Waals surface area contributed by atoms with E-state index in [1.165, 1.54) is 31.7 Å². The summed E-state index contributed by atoms with van der Waals surface area (Å²) in [4.78, 5) is 6.82. The van der Waals surface area contributed by atoms with Crippen LogP contribution in [0.2, 0.25) is 0 Å². The van der Waals surface area contributed by atoms with Gasteiger partial charge in [-0.05, 0) is 49.6 Å². The summed E-state index contributed by atoms with van der Waals surface area (Å²) < 4.78 is 21.8. The van der Waals surface area contributed by atoms with Crippen molar-refractivity contribution in [3.63, 3.8) is 0 Å². The van der Waals surface area contributed by atoms with Crippen molar-refractivity contribution in [2.45, 2.75) is 44.4 Å². The van der Waals surface area contributed by atoms with Crippen LogP contribution in [0.1, 0.15) is 42.5 Å². The molecule has 6 rings (SSSR count). The first-order valence-corrected chi connectivity index (χ1v) is 11.4. The average Bonchev–Trinajstić information content (AvgIpc) is 3.40. The van der Waals surface area contributed by atoms with E-state index in [9.17, 15) is 9.50 Å². The molecule has 1 atom stereocenters. The molecule has 1 spiro atoms. The zero-order valence-corrected chi connectivity index (χ0v) is 18.1. The summed E-state index contributed by atoms with van der Waals surface area (Å²) >= 11 is 0. The molecule has 1 aliphatic carbocycles. The van der Waals surface area contributed by atoms with E-state index in [4.69, 9.17) is 4.74 Å². The third-order valence-corrected chi connectivity index (χ3v) is 7.05. The highest BCUT2D eigenvalue weighted by Crippen LogP contribution is 2.38. The van der Waals surface area contributed by atoms with E-state index in [2.05, 4.69) is 21.3 Å². The Morgan fingerprint density at radius 2 is 2.06 bits per heavy atom. The summed E-state index contributed by atoms with van der Waals surface area (Å²) in [7, 11) is 0. The van der Waals surface area contributed by atoms with Crippen molar-refractivity contribution in [3.05, 3.63) is 59.3 Å². The predicted octanol–water partition coefficient (Wildman–Crippen LogP) is 3.76. The van der Waals surface area contributed by atoms with E-state index in [1.807, 2.05) is 31.3 Å². The molecule has 0 radical (unpaired) electrons. The molecule has 1 saturated carbocycles. The van der Waals surface area contributed by atoms with Gasteiger partial charge in [0.25, 0.3) is 0 Å². The van der Waals surface area contributed by atoms with Crippen LogP contribution in [0.4, 0.5) is 10.1 Å². The lowest BCUT2D eigenvalue weighted by atomic mass is 9.94. The van der Waals surface area contributed by atoms with Gasteiger partial charge >= 0.3 is 0 Å². The molecule has 1 saturated heterocycles. The first kappa shape index (κ1) is 19.8. The van der Waals surface area contributed by atoms with Gasteiger partial charge in [-0.2, -0.15) is 0 Å². The van der Waals surface area contributed by atoms with Gasteiger partial charge < -0.3 is 24.5 Å². The Kier molecular flexibility index (Phi) is 4.52. The Balaban J connectivity index is 1.32. The number of pyridine rings is 1. The van der Waals surface area contributed by atoms with Crippen LogP contribution in [-0.2, 0) is 0 Å². The van der Waals surface area contributed by atoms with Crippen LogP contribution in [-0.4, -0.2) is 46.0 Å². The number of hydrogen-bond acceptors (Lipinski definition) is 5. The molecule has 2 aliphatic heterocycles. The second-order valence-corrected chi connectivity index (χ2v) is 9.35. The molecule has 1 unspecified atom stereocenters. The summed E-state index contributed by atoms with van der Waals surface area (Å²) in [6.07, 6.45) is 9.32. The van der Waals surface area contributed by atoms with Gasteiger partial charge in [0.15, 0.2) is 11.5 Å². The molecule has 4 heterocycles. The fraction of sp³-hybridized carbons (Fsp3) is 0.400. The van der Waals surface area contributed by atoms with Gasteiger partial charge in [-0.15, -0.1) is 0 Å². The Labute approximate surface area is 186 Å². The first-order valence-electron chi connectivity index (χ1n) is 11.4. The second-order valence-electron chi connectivity index (χ2n) is 9.35. The largest absolute Gasteiger partial charge is 0.460 e. The molecule has 1 aromatic carbocycles. The molecule has 2 N–H and O–H groups in total. The second kappa shape index (κ2) is 7.32. The van der Waals surface area contributed by atoms with Crippen LogP contribution >= 0.6 is 0 Å². The van der Waals surface area contributed by atoms with Gasteiger partial charge in [-0.3, -0.25) is 0 Å². The van der Waals surface area contributed by atoms with Crippen LogP contribution in [0.25, 0.3) is 17.3 Å². The lowest BCUT2D eigenvalue weighted by Gasteiger charge is -2.43. The molecule has 3 aliphatic rings. The predicted molar refractivity (Wildman–Crippen MR) is 122 cm³/mol. The van der Waals surface area contributed by atoms with E-state index < -0.39 is 6.29 Å². The number of benzene rings is 1. The fourth-order valence-corrected chi connectivity index (χ4v) is 5.46. The van der Waals surface area contributed by atoms with Crippen LogP contribution in [0.15, 0.2) is 36.7 Å². The van der Waals surface area contributed by atoms with Gasteiger partial charge in [-0.25, -0.2) is 9.37 Å². The van der Waals surface area contributed by atoms with Gasteiger partial charge in [0.1, 0.15) is 5.75 Å². The molecule has 32 heavy (non-hydrogen) atoms. The van der Waals surface area contributed by atoms with Crippen LogP contribution in [0, 0.1) is 12.7 Å². The van der Waals surface area contributed by atoms with Crippen molar-refractivity contribution in [1.82, 2.24) is 14.7 Å². The Morgan fingerprint density at radius 1 is 1.22 bits per heavy atom. The minimum Gasteiger partial charge on any atom is -0.460 e. The van der Waals surface area contributed by atoms with Crippen LogP contribution in [0.5, 0.6) is 5.75 Å². The molecular weight excluding hydrogens is 407 g/mol. The zero-order chi connectivity index (χ0) is 21.9. The third-order valence-electron chi connectivity index (χ3n) is 7.05. The van der Waals surface area contributed by atoms with E-state index in [1.54, 1.807) is 10.6 Å². The summed E-state index contributed by atoms with van der Waals surface area (Å²) in [5.74, 6) is 0.271. The standard InChI is InChI=1S/C25H27FN4O2/c1-16-10-20(26)23-28-21(14-30(23)13-16)19-11-17-4-5-18(12-22(17)32-24(19)31)29-9-8-27-25(15-29)6-2-3-7-25/h4-5,10-14,24,27,31H,2-3,6-9,15H2,1H3. The quantitative estimate of drug-likeness (QED) is 0.643. The van der Waals surface area contributed by atoms with Gasteiger partial charge in [0.05, 0.1) is 5.69 Å². The number of imidazole rings is 1. The van der Waals surface area contributed by atoms with Crippen LogP contribution in [0.3, 0.4) is 0 Å². The number of halogens is 1. The van der Waals surface area contributed by atoms with E-state index in [-0.39, 0.29) is 17.0 Å². The number of rotatable bonds is 2. The number of piperazine rings is 1. The molecule has 2 aromatic heterocycles. The molecule has 2 fully saturated rings. The van der Waals surface area contributed by atoms with Crippen molar-refractivity contribution in [3.8, 4) is 5.75 Å². The average molecular weight is 435 g/mol. The topological polar surface area (TPSA) is 62.0 Å². The van der Waals surface area contributed by atoms with Crippen molar-refractivity contribution >= 4 is 23.0 Å². The number of aromatic nitrogens is 2. The minimum absolute atomic E-state index is 0.234. The maximum atomic E-state index is 14.3. The molecule has 7 heteroatoms. The van der Waals surface area contributed by atoms with Gasteiger partial charge in [0, 0.05) is 60.5 Å². The van der Waals surface area contributed by atoms with E-state index in [0.717, 1.165) is 36.4 Å². The van der Waals surface area contributed by atoms with Crippen LogP contribution < -0.4 is 15.0 Å². The number of hydrogen-bond donors (Lipinski definition) is 2. The highest BCUT2D eigenvalue weighted by Gasteiger charge is 2.38. The molecular formula is C25H27FN4O2. The molecule has 6 nitrogen and oxygen atoms in total. The molecule has 3 aromatic rings. The normalized spacial score (nSPS) is 22.2. The SMILES string of the molecule is Cc1cc(F)c2nc(C3=Cc4ccc(N5CCNC6(CCCC6)C5)cc4OC3O)cn2c1. The highest BCUT2D eigenvalue weighted by molar-refractivity contribution is 5.86. The number of aryl methyl sites for hydroxylation is 1. The summed E-state index contributed by atoms with van der Waals surface area (Å²) in [6.45, 7) is 4.77. The lowest BCUT2D eigenvalue weighted by Crippen LogP contribution is -2.59. The number of aliphatic hydroxyl groups is 1. The lowest BCUT2D eigenvalue weighted by molar-refractivity contribution is 0.0318. The van der Waals surface area contributed by atoms with Crippen molar-refractivity contribution in [2.75, 3.05) is 24.5 Å². The maximum absolute atomic E-state index is 14.3. The number of aliphatic hydroxyl groups excluding tert-OH is 1. The number of nitrogens with zero attached hydrogens (tertiary/aromatic N) is 3. The van der Waals surface area contributed by atoms with Gasteiger partial charge in [0.2, 0.25) is 6.29 Å². The Hall–Kier alpha value is -2.90. The number of anilines is 1. The molecule has 166 valence electrons. The summed E-state index contributed by atoms with van der Waals surface area (Å²) in [6, 6.07) is 7.62. The highest BCUT2D eigenvalue weighted by atomic mass is 19.1. The van der Waals surface area contributed by atoms with Crippen molar-refractivity contribution < 1.29 is 14.2 Å². The third kappa shape index (κ3) is 3.27. The fourth-order valence-electron chi connectivity index (χ4n) is 5.46. The van der Waals surface area contributed by atoms with E-state index >= 15 is 0 Å². The zero-order valence-electron chi connectivity index (χ0n) is 18.1. The minimum atomic E-state index is -1.16. The van der Waals surface area contributed by atoms with Gasteiger partial charge in [-0.1, -0.05) is 12.8 Å². The Bertz CT molecular complexity index is 1230. The molecule has 0 amide bonds. The summed E-state index contributed by atoms with van der Waals surface area (Å²) in [5.41, 5.74) is 4.30. The first-order chi connectivity index (χ1) is 15.5. The summed E-state index contributed by atoms with van der Waals surface area (Å²) in [5, 5.41) is 14.5. The van der Waals surface area contributed by atoms with Crippen molar-refractivity contribution in [1.29, 1.82) is 0 Å². The maximum Gasteiger partial charge on any atom is 0.226 e. The van der Waals surface area contributed by atoms with Crippen molar-refractivity contribution in [2.24, 2.45) is 0 Å². The monoisotopic (exact) mass is 434 g/mol. The molecule has 0 bridgehead atoms. The van der Waals surface area contributed by atoms with E-state index in [0.29, 0.717) is 17.0 Å².